The third-order valence-electron chi connectivity index (χ3n) is 4.40. The SMILES string of the molecule is CN(C)C(=O)CNC(=NCc1cccc(C(F)(F)F)c1)NCCN1CCOCC1.I. The second kappa shape index (κ2) is 13.0. The van der Waals surface area contributed by atoms with Crippen molar-refractivity contribution in [1.82, 2.24) is 20.4 Å². The van der Waals surface area contributed by atoms with Gasteiger partial charge in [-0.05, 0) is 17.7 Å². The minimum absolute atomic E-state index is 0. The van der Waals surface area contributed by atoms with Crippen LogP contribution in [0.4, 0.5) is 13.2 Å². The average Bonchev–Trinajstić information content (AvgIpc) is 2.69. The Bertz CT molecular complexity index is 695. The fraction of sp³-hybridized carbons (Fsp3) is 0.579. The van der Waals surface area contributed by atoms with Crippen LogP contribution < -0.4 is 10.6 Å². The van der Waals surface area contributed by atoms with Gasteiger partial charge >= 0.3 is 6.18 Å². The number of amides is 1. The first-order valence-corrected chi connectivity index (χ1v) is 9.44. The standard InChI is InChI=1S/C19H28F3N5O2.HI/c1-26(2)17(28)14-25-18(23-6-7-27-8-10-29-11-9-27)24-13-15-4-3-5-16(12-15)19(20,21)22;/h3-5,12H,6-11,13-14H2,1-2H3,(H2,23,24,25);1H. The number of aliphatic imine (C=N–C) groups is 1. The van der Waals surface area contributed by atoms with Crippen LogP contribution >= 0.6 is 24.0 Å². The number of guanidine groups is 1. The van der Waals surface area contributed by atoms with E-state index in [1.54, 1.807) is 20.2 Å². The fourth-order valence-electron chi connectivity index (χ4n) is 2.67. The van der Waals surface area contributed by atoms with Gasteiger partial charge in [0.15, 0.2) is 5.96 Å². The number of carbonyl (C=O) groups is 1. The van der Waals surface area contributed by atoms with E-state index in [-0.39, 0.29) is 43.0 Å². The smallest absolute Gasteiger partial charge is 0.379 e. The molecule has 0 aliphatic carbocycles. The van der Waals surface area contributed by atoms with Crippen LogP contribution in [0.5, 0.6) is 0 Å². The molecule has 1 amide bonds. The van der Waals surface area contributed by atoms with Gasteiger partial charge in [0.05, 0.1) is 31.9 Å². The third kappa shape index (κ3) is 9.47. The molecule has 30 heavy (non-hydrogen) atoms. The van der Waals surface area contributed by atoms with Gasteiger partial charge in [0.2, 0.25) is 5.91 Å². The summed E-state index contributed by atoms with van der Waals surface area (Å²) >= 11 is 0. The molecule has 11 heteroatoms. The van der Waals surface area contributed by atoms with Crippen LogP contribution in [0.15, 0.2) is 29.3 Å². The van der Waals surface area contributed by atoms with Crippen molar-refractivity contribution in [2.24, 2.45) is 4.99 Å². The Morgan fingerprint density at radius 2 is 1.93 bits per heavy atom. The second-order valence-corrected chi connectivity index (χ2v) is 6.89. The van der Waals surface area contributed by atoms with Gasteiger partial charge in [0.1, 0.15) is 0 Å². The summed E-state index contributed by atoms with van der Waals surface area (Å²) in [5.74, 6) is 0.248. The number of nitrogens with zero attached hydrogens (tertiary/aromatic N) is 3. The highest BCUT2D eigenvalue weighted by atomic mass is 127. The predicted octanol–water partition coefficient (Wildman–Crippen LogP) is 1.78. The summed E-state index contributed by atoms with van der Waals surface area (Å²) in [4.78, 5) is 19.9. The molecule has 7 nitrogen and oxygen atoms in total. The van der Waals surface area contributed by atoms with E-state index in [9.17, 15) is 18.0 Å². The minimum atomic E-state index is -4.39. The maximum Gasteiger partial charge on any atom is 0.416 e. The quantitative estimate of drug-likeness (QED) is 0.312. The molecule has 0 atom stereocenters. The molecular weight excluding hydrogens is 514 g/mol. The topological polar surface area (TPSA) is 69.2 Å². The number of hydrogen-bond donors (Lipinski definition) is 2. The predicted molar refractivity (Wildman–Crippen MR) is 120 cm³/mol. The molecule has 170 valence electrons. The molecule has 1 saturated heterocycles. The number of rotatable bonds is 7. The zero-order chi connectivity index (χ0) is 21.3. The first-order chi connectivity index (χ1) is 13.8. The number of nitrogens with one attached hydrogen (secondary N) is 2. The normalized spacial score (nSPS) is 15.3. The van der Waals surface area contributed by atoms with Crippen molar-refractivity contribution in [3.05, 3.63) is 35.4 Å². The summed E-state index contributed by atoms with van der Waals surface area (Å²) in [7, 11) is 3.30. The number of likely N-dealkylation sites (N-methyl/N-ethyl adjacent to an activating group) is 1. The molecular formula is C19H29F3IN5O2. The zero-order valence-electron chi connectivity index (χ0n) is 17.2. The summed E-state index contributed by atoms with van der Waals surface area (Å²) in [6, 6.07) is 5.07. The number of morpholine rings is 1. The highest BCUT2D eigenvalue weighted by Gasteiger charge is 2.30. The molecule has 0 saturated carbocycles. The van der Waals surface area contributed by atoms with Crippen molar-refractivity contribution in [2.45, 2.75) is 12.7 Å². The van der Waals surface area contributed by atoms with Crippen LogP contribution in [0.2, 0.25) is 0 Å². The summed E-state index contributed by atoms with van der Waals surface area (Å²) in [6.45, 7) is 4.57. The van der Waals surface area contributed by atoms with Crippen LogP contribution in [-0.2, 0) is 22.3 Å². The lowest BCUT2D eigenvalue weighted by atomic mass is 10.1. The van der Waals surface area contributed by atoms with E-state index in [0.29, 0.717) is 31.3 Å². The van der Waals surface area contributed by atoms with Crippen molar-refractivity contribution < 1.29 is 22.7 Å². The second-order valence-electron chi connectivity index (χ2n) is 6.89. The first-order valence-electron chi connectivity index (χ1n) is 9.44. The Morgan fingerprint density at radius 3 is 2.57 bits per heavy atom. The number of hydrogen-bond acceptors (Lipinski definition) is 4. The van der Waals surface area contributed by atoms with Crippen LogP contribution in [0.1, 0.15) is 11.1 Å². The molecule has 1 aromatic carbocycles. The van der Waals surface area contributed by atoms with Gasteiger partial charge in [-0.3, -0.25) is 9.69 Å². The van der Waals surface area contributed by atoms with Crippen molar-refractivity contribution in [3.8, 4) is 0 Å². The number of benzene rings is 1. The van der Waals surface area contributed by atoms with E-state index in [2.05, 4.69) is 20.5 Å². The largest absolute Gasteiger partial charge is 0.416 e. The van der Waals surface area contributed by atoms with Crippen LogP contribution in [0.25, 0.3) is 0 Å². The van der Waals surface area contributed by atoms with Crippen molar-refractivity contribution in [1.29, 1.82) is 0 Å². The lowest BCUT2D eigenvalue weighted by Crippen LogP contribution is -2.46. The Morgan fingerprint density at radius 1 is 1.23 bits per heavy atom. The molecule has 1 aromatic rings. The maximum absolute atomic E-state index is 12.9. The van der Waals surface area contributed by atoms with E-state index in [4.69, 9.17) is 4.74 Å². The molecule has 0 bridgehead atoms. The highest BCUT2D eigenvalue weighted by Crippen LogP contribution is 2.29. The zero-order valence-corrected chi connectivity index (χ0v) is 19.5. The number of halogens is 4. The van der Waals surface area contributed by atoms with Crippen LogP contribution in [0, 0.1) is 0 Å². The lowest BCUT2D eigenvalue weighted by molar-refractivity contribution is -0.137. The lowest BCUT2D eigenvalue weighted by Gasteiger charge is -2.26. The van der Waals surface area contributed by atoms with Crippen LogP contribution in [0.3, 0.4) is 0 Å². The number of alkyl halides is 3. The molecule has 2 rings (SSSR count). The van der Waals surface area contributed by atoms with Crippen molar-refractivity contribution in [2.75, 3.05) is 60.0 Å². The minimum Gasteiger partial charge on any atom is -0.379 e. The van der Waals surface area contributed by atoms with Gasteiger partial charge in [-0.2, -0.15) is 13.2 Å². The molecule has 1 fully saturated rings. The highest BCUT2D eigenvalue weighted by molar-refractivity contribution is 14.0. The van der Waals surface area contributed by atoms with E-state index >= 15 is 0 Å². The Labute approximate surface area is 192 Å². The fourth-order valence-corrected chi connectivity index (χ4v) is 2.67. The molecule has 0 radical (unpaired) electrons. The maximum atomic E-state index is 12.9. The molecule has 0 spiro atoms. The molecule has 0 aromatic heterocycles. The van der Waals surface area contributed by atoms with E-state index in [1.165, 1.54) is 11.0 Å². The van der Waals surface area contributed by atoms with Crippen LogP contribution in [-0.4, -0.2) is 81.7 Å². The Balaban J connectivity index is 0.00000450. The average molecular weight is 543 g/mol. The molecule has 1 aliphatic heterocycles. The monoisotopic (exact) mass is 543 g/mol. The van der Waals surface area contributed by atoms with Gasteiger partial charge in [-0.15, -0.1) is 24.0 Å². The van der Waals surface area contributed by atoms with E-state index < -0.39 is 11.7 Å². The molecule has 2 N–H and O–H groups in total. The van der Waals surface area contributed by atoms with E-state index in [1.807, 2.05) is 0 Å². The number of ether oxygens (including phenoxy) is 1. The van der Waals surface area contributed by atoms with Gasteiger partial charge in [-0.1, -0.05) is 12.1 Å². The third-order valence-corrected chi connectivity index (χ3v) is 4.40. The summed E-state index contributed by atoms with van der Waals surface area (Å²) in [5.41, 5.74) is -0.268. The molecule has 1 aliphatic rings. The Kier molecular flexibility index (Phi) is 11.4. The summed E-state index contributed by atoms with van der Waals surface area (Å²) < 4.78 is 44.0. The van der Waals surface area contributed by atoms with Crippen molar-refractivity contribution in [3.63, 3.8) is 0 Å². The van der Waals surface area contributed by atoms with E-state index in [0.717, 1.165) is 31.8 Å². The van der Waals surface area contributed by atoms with Crippen molar-refractivity contribution >= 4 is 35.8 Å². The van der Waals surface area contributed by atoms with Gasteiger partial charge in [-0.25, -0.2) is 4.99 Å². The Hall–Kier alpha value is -1.60. The molecule has 1 heterocycles. The first kappa shape index (κ1) is 26.4. The van der Waals surface area contributed by atoms with Gasteiger partial charge in [0, 0.05) is 40.3 Å². The summed E-state index contributed by atoms with van der Waals surface area (Å²) in [5, 5.41) is 6.08. The van der Waals surface area contributed by atoms with Gasteiger partial charge in [0.25, 0.3) is 0 Å². The van der Waals surface area contributed by atoms with Gasteiger partial charge < -0.3 is 20.3 Å². The molecule has 0 unspecified atom stereocenters. The number of carbonyl (C=O) groups excluding carboxylic acids is 1. The summed E-state index contributed by atoms with van der Waals surface area (Å²) in [6.07, 6.45) is -4.39.